The highest BCUT2D eigenvalue weighted by Gasteiger charge is 2.28. The fraction of sp³-hybridized carbons (Fsp3) is 0.0526. The molecule has 0 saturated heterocycles. The molecular formula is C19H16N4O3S. The molecule has 2 aromatic heterocycles. The van der Waals surface area contributed by atoms with Gasteiger partial charge in [0.05, 0.1) is 23.2 Å². The highest BCUT2D eigenvalue weighted by atomic mass is 32.2. The first-order valence-corrected chi connectivity index (χ1v) is 9.57. The van der Waals surface area contributed by atoms with Crippen LogP contribution in [0.25, 0.3) is 22.3 Å². The third kappa shape index (κ3) is 2.80. The largest absolute Gasteiger partial charge is 0.497 e. The standard InChI is InChI=1S/C19H16N4O3S/c1-26-13-7-9-14(10-8-13)27(24,25)18-17-16(23-19(18)20)15(21-11-22-17)12-5-3-2-4-6-12/h2-11,23H,20H2,1H3. The van der Waals surface area contributed by atoms with Crippen LogP contribution in [0, 0.1) is 0 Å². The summed E-state index contributed by atoms with van der Waals surface area (Å²) in [7, 11) is -2.36. The van der Waals surface area contributed by atoms with Gasteiger partial charge in [0.2, 0.25) is 9.84 Å². The van der Waals surface area contributed by atoms with Crippen LogP contribution in [0.5, 0.6) is 5.75 Å². The van der Waals surface area contributed by atoms with Crippen LogP contribution >= 0.6 is 0 Å². The number of rotatable bonds is 4. The van der Waals surface area contributed by atoms with E-state index in [1.807, 2.05) is 30.3 Å². The first-order chi connectivity index (χ1) is 13.0. The fourth-order valence-electron chi connectivity index (χ4n) is 2.95. The molecule has 27 heavy (non-hydrogen) atoms. The van der Waals surface area contributed by atoms with E-state index in [1.54, 1.807) is 12.1 Å². The maximum atomic E-state index is 13.2. The van der Waals surface area contributed by atoms with Crippen molar-refractivity contribution in [3.63, 3.8) is 0 Å². The quantitative estimate of drug-likeness (QED) is 0.563. The molecule has 0 bridgehead atoms. The Hall–Kier alpha value is -3.39. The lowest BCUT2D eigenvalue weighted by atomic mass is 10.1. The number of aromatic amines is 1. The second-order valence-corrected chi connectivity index (χ2v) is 7.75. The number of nitrogens with one attached hydrogen (secondary N) is 1. The van der Waals surface area contributed by atoms with Crippen LogP contribution < -0.4 is 10.5 Å². The first-order valence-electron chi connectivity index (χ1n) is 8.09. The Morgan fingerprint density at radius 3 is 2.37 bits per heavy atom. The van der Waals surface area contributed by atoms with Crippen molar-refractivity contribution in [2.75, 3.05) is 12.8 Å². The number of nitrogens with two attached hydrogens (primary N) is 1. The Kier molecular flexibility index (Phi) is 4.04. The van der Waals surface area contributed by atoms with E-state index in [1.165, 1.54) is 25.6 Å². The molecule has 4 aromatic rings. The molecule has 0 aliphatic heterocycles. The van der Waals surface area contributed by atoms with Gasteiger partial charge in [-0.05, 0) is 24.3 Å². The lowest BCUT2D eigenvalue weighted by Crippen LogP contribution is -2.05. The smallest absolute Gasteiger partial charge is 0.212 e. The van der Waals surface area contributed by atoms with Crippen molar-refractivity contribution in [1.82, 2.24) is 15.0 Å². The number of sulfone groups is 1. The van der Waals surface area contributed by atoms with Crippen LogP contribution in [0.2, 0.25) is 0 Å². The van der Waals surface area contributed by atoms with Gasteiger partial charge in [0, 0.05) is 5.56 Å². The summed E-state index contributed by atoms with van der Waals surface area (Å²) in [6.07, 6.45) is 1.34. The summed E-state index contributed by atoms with van der Waals surface area (Å²) in [5.74, 6) is 0.591. The third-order valence-electron chi connectivity index (χ3n) is 4.25. The Bertz CT molecular complexity index is 1220. The molecule has 0 fully saturated rings. The Balaban J connectivity index is 1.93. The maximum absolute atomic E-state index is 13.2. The molecule has 136 valence electrons. The molecule has 8 heteroatoms. The van der Waals surface area contributed by atoms with Crippen LogP contribution in [0.4, 0.5) is 5.82 Å². The number of methoxy groups -OCH3 is 1. The molecule has 0 aliphatic rings. The minimum Gasteiger partial charge on any atom is -0.497 e. The van der Waals surface area contributed by atoms with Crippen LogP contribution in [-0.2, 0) is 9.84 Å². The van der Waals surface area contributed by atoms with Gasteiger partial charge < -0.3 is 15.5 Å². The Morgan fingerprint density at radius 1 is 1.00 bits per heavy atom. The normalized spacial score (nSPS) is 11.6. The Labute approximate surface area is 155 Å². The first kappa shape index (κ1) is 17.0. The van der Waals surface area contributed by atoms with Crippen molar-refractivity contribution in [3.8, 4) is 17.0 Å². The van der Waals surface area contributed by atoms with Crippen LogP contribution in [-0.4, -0.2) is 30.5 Å². The number of nitrogens with zero attached hydrogens (tertiary/aromatic N) is 2. The molecule has 2 heterocycles. The van der Waals surface area contributed by atoms with E-state index in [2.05, 4.69) is 15.0 Å². The molecular weight excluding hydrogens is 364 g/mol. The molecule has 0 unspecified atom stereocenters. The molecule has 0 atom stereocenters. The van der Waals surface area contributed by atoms with Gasteiger partial charge in [0.15, 0.2) is 0 Å². The lowest BCUT2D eigenvalue weighted by Gasteiger charge is -2.06. The summed E-state index contributed by atoms with van der Waals surface area (Å²) in [6, 6.07) is 15.6. The number of hydrogen-bond acceptors (Lipinski definition) is 6. The zero-order chi connectivity index (χ0) is 19.0. The summed E-state index contributed by atoms with van der Waals surface area (Å²) in [6.45, 7) is 0. The topological polar surface area (TPSA) is 111 Å². The van der Waals surface area contributed by atoms with E-state index >= 15 is 0 Å². The van der Waals surface area contributed by atoms with Gasteiger partial charge >= 0.3 is 0 Å². The summed E-state index contributed by atoms with van der Waals surface area (Å²) in [5.41, 5.74) is 8.21. The molecule has 0 amide bonds. The van der Waals surface area contributed by atoms with Crippen molar-refractivity contribution in [3.05, 3.63) is 60.9 Å². The summed E-state index contributed by atoms with van der Waals surface area (Å²) in [4.78, 5) is 11.5. The van der Waals surface area contributed by atoms with Gasteiger partial charge in [-0.1, -0.05) is 30.3 Å². The Morgan fingerprint density at radius 2 is 1.70 bits per heavy atom. The van der Waals surface area contributed by atoms with E-state index in [-0.39, 0.29) is 21.1 Å². The summed E-state index contributed by atoms with van der Waals surface area (Å²) < 4.78 is 31.4. The van der Waals surface area contributed by atoms with Crippen LogP contribution in [0.15, 0.2) is 70.7 Å². The maximum Gasteiger partial charge on any atom is 0.212 e. The van der Waals surface area contributed by atoms with Crippen molar-refractivity contribution in [1.29, 1.82) is 0 Å². The second kappa shape index (κ2) is 6.40. The van der Waals surface area contributed by atoms with Gasteiger partial charge in [-0.25, -0.2) is 18.4 Å². The van der Waals surface area contributed by atoms with E-state index in [4.69, 9.17) is 10.5 Å². The lowest BCUT2D eigenvalue weighted by molar-refractivity contribution is 0.414. The van der Waals surface area contributed by atoms with Gasteiger partial charge in [0.25, 0.3) is 0 Å². The minimum atomic E-state index is -3.88. The molecule has 0 radical (unpaired) electrons. The van der Waals surface area contributed by atoms with Gasteiger partial charge in [0.1, 0.15) is 28.3 Å². The molecule has 0 saturated carbocycles. The highest BCUT2D eigenvalue weighted by molar-refractivity contribution is 7.92. The van der Waals surface area contributed by atoms with Crippen LogP contribution in [0.3, 0.4) is 0 Å². The molecule has 0 spiro atoms. The van der Waals surface area contributed by atoms with E-state index in [0.717, 1.165) is 5.56 Å². The van der Waals surface area contributed by atoms with Crippen molar-refractivity contribution in [2.45, 2.75) is 9.79 Å². The third-order valence-corrected chi connectivity index (χ3v) is 6.10. The fourth-order valence-corrected chi connectivity index (χ4v) is 4.43. The molecule has 4 rings (SSSR count). The number of aromatic nitrogens is 3. The SMILES string of the molecule is COc1ccc(S(=O)(=O)c2c(N)[nH]c3c(-c4ccccc4)ncnc23)cc1. The van der Waals surface area contributed by atoms with E-state index in [9.17, 15) is 8.42 Å². The van der Waals surface area contributed by atoms with Gasteiger partial charge in [-0.3, -0.25) is 0 Å². The average molecular weight is 380 g/mol. The number of hydrogen-bond donors (Lipinski definition) is 2. The molecule has 3 N–H and O–H groups in total. The van der Waals surface area contributed by atoms with Crippen LogP contribution in [0.1, 0.15) is 0 Å². The molecule has 7 nitrogen and oxygen atoms in total. The predicted octanol–water partition coefficient (Wildman–Crippen LogP) is 3.05. The van der Waals surface area contributed by atoms with Crippen molar-refractivity contribution < 1.29 is 13.2 Å². The van der Waals surface area contributed by atoms with Gasteiger partial charge in [-0.15, -0.1) is 0 Å². The van der Waals surface area contributed by atoms with Gasteiger partial charge in [-0.2, -0.15) is 0 Å². The highest BCUT2D eigenvalue weighted by Crippen LogP contribution is 2.35. The second-order valence-electron chi connectivity index (χ2n) is 5.86. The number of anilines is 1. The summed E-state index contributed by atoms with van der Waals surface area (Å²) in [5, 5.41) is 0. The van der Waals surface area contributed by atoms with Crippen molar-refractivity contribution >= 4 is 26.7 Å². The zero-order valence-electron chi connectivity index (χ0n) is 14.4. The average Bonchev–Trinajstić information content (AvgIpc) is 3.05. The summed E-state index contributed by atoms with van der Waals surface area (Å²) >= 11 is 0. The number of ether oxygens (including phenoxy) is 1. The monoisotopic (exact) mass is 380 g/mol. The number of benzene rings is 2. The minimum absolute atomic E-state index is 0.0264. The number of nitrogen functional groups attached to an aromatic ring is 1. The van der Waals surface area contributed by atoms with E-state index in [0.29, 0.717) is 17.0 Å². The molecule has 0 aliphatic carbocycles. The molecule has 2 aromatic carbocycles. The number of fused-ring (bicyclic) bond motifs is 1. The number of H-pyrrole nitrogens is 1. The van der Waals surface area contributed by atoms with E-state index < -0.39 is 9.84 Å². The van der Waals surface area contributed by atoms with Crippen molar-refractivity contribution in [2.24, 2.45) is 0 Å². The predicted molar refractivity (Wildman–Crippen MR) is 102 cm³/mol. The zero-order valence-corrected chi connectivity index (χ0v) is 15.2.